The number of fused-ring (bicyclic) bond motifs is 3. The predicted molar refractivity (Wildman–Crippen MR) is 543 cm³/mol. The third-order valence-corrected chi connectivity index (χ3v) is 89.6. The summed E-state index contributed by atoms with van der Waals surface area (Å²) in [4.78, 5) is 0. The number of hydrogen-bond acceptors (Lipinski definition) is 18. The average molecular weight is 1980 g/mol. The second kappa shape index (κ2) is 44.8. The molecule has 28 atom stereocenters. The molecule has 6 heterocycles. The first-order chi connectivity index (χ1) is 59.8. The van der Waals surface area contributed by atoms with Crippen molar-refractivity contribution in [3.05, 3.63) is 215 Å². The van der Waals surface area contributed by atoms with Crippen LogP contribution in [0.4, 0.5) is 0 Å². The molecule has 33 heteroatoms. The Balaban J connectivity index is 0.000000162. The molecular weight excluding hydrogens is 1830 g/mol. The summed E-state index contributed by atoms with van der Waals surface area (Å²) < 4.78 is 124. The number of benzene rings is 6. The number of ether oxygens (including phenoxy) is 3. The topological polar surface area (TPSA) is 176 Å². The van der Waals surface area contributed by atoms with E-state index >= 15 is 0 Å². The fourth-order valence-corrected chi connectivity index (χ4v) is 94.8. The maximum absolute atomic E-state index is 7.44. The van der Waals surface area contributed by atoms with Gasteiger partial charge in [-0.05, 0) is 316 Å². The van der Waals surface area contributed by atoms with Crippen molar-refractivity contribution in [3.8, 4) is 0 Å². The second-order valence-corrected chi connectivity index (χ2v) is 85.7. The van der Waals surface area contributed by atoms with Crippen LogP contribution in [0.5, 0.6) is 0 Å². The van der Waals surface area contributed by atoms with Crippen LogP contribution >= 0.6 is 0 Å². The van der Waals surface area contributed by atoms with Crippen LogP contribution in [0, 0.1) is 17.8 Å². The summed E-state index contributed by atoms with van der Waals surface area (Å²) in [5, 5.41) is 0. The Hall–Kier alpha value is -2.15. The lowest BCUT2D eigenvalue weighted by molar-refractivity contribution is 0.239. The molecule has 0 radical (unpaired) electrons. The summed E-state index contributed by atoms with van der Waals surface area (Å²) in [6, 6.07) is 72.9. The molecule has 0 bridgehead atoms. The Morgan fingerprint density at radius 1 is 0.238 bits per heavy atom. The minimum Gasteiger partial charge on any atom is -0.420 e. The van der Waals surface area contributed by atoms with Crippen LogP contribution in [0.2, 0.25) is 153 Å². The average Bonchev–Trinajstić information content (AvgIpc) is 1.07. The fourth-order valence-electron chi connectivity index (χ4n) is 22.2. The van der Waals surface area contributed by atoms with Gasteiger partial charge in [0.25, 0.3) is 37.1 Å². The molecule has 0 spiro atoms. The molecule has 3 saturated carbocycles. The standard InChI is InChI=1S/3C31H52O6Si5/c1-25(28-14-10-8-11-15-28)23-41(6)35-38(3)33-40(5,21-20-27-18-19-30-31(22-27)32-30)34-39(4)36-42(7,37-41)24-26(2)29-16-12-9-13-17-29;1-25(28-14-10-8-11-15-28)23-41(6)34-38(3)33-39(4)35-42(7,24-26(2)29-16-12-9-13-17-29)37-40(5,36-41)21-20-27-18-19-30-31(22-27)32-30;1-25(28-14-10-8-11-15-28)23-41(6)35-39(4)33-38(3)34-40(5,21-20-27-18-19-30-31(22-27)32-30)36-42(7,37-41)24-26(2)29-16-12-9-13-17-29/h3*8-17,25-27,30-31,38-39H,18-24H2,1-7H3. The molecule has 696 valence electrons. The van der Waals surface area contributed by atoms with Crippen molar-refractivity contribution >= 4 is 133 Å². The molecule has 6 saturated heterocycles. The zero-order valence-corrected chi connectivity index (χ0v) is 96.1. The summed E-state index contributed by atoms with van der Waals surface area (Å²) in [6.07, 6.45) is 17.5. The minimum absolute atomic E-state index is 0.316. The van der Waals surface area contributed by atoms with Gasteiger partial charge in [-0.2, -0.15) is 0 Å². The van der Waals surface area contributed by atoms with E-state index in [0.29, 0.717) is 89.9 Å². The summed E-state index contributed by atoms with van der Waals surface area (Å²) in [5.74, 6) is 4.04. The van der Waals surface area contributed by atoms with E-state index < -0.39 is 133 Å². The maximum Gasteiger partial charge on any atom is 0.317 e. The van der Waals surface area contributed by atoms with Gasteiger partial charge in [0.15, 0.2) is 0 Å². The van der Waals surface area contributed by atoms with Gasteiger partial charge < -0.3 is 75.9 Å². The largest absolute Gasteiger partial charge is 0.420 e. The zero-order chi connectivity index (χ0) is 89.9. The first-order valence-corrected chi connectivity index (χ1v) is 83.6. The number of epoxide rings is 3. The molecule has 6 aromatic rings. The Morgan fingerprint density at radius 2 is 0.437 bits per heavy atom. The highest BCUT2D eigenvalue weighted by Gasteiger charge is 2.57. The number of rotatable bonds is 27. The Morgan fingerprint density at radius 3 is 0.698 bits per heavy atom. The molecule has 18 nitrogen and oxygen atoms in total. The van der Waals surface area contributed by atoms with Crippen LogP contribution in [0.3, 0.4) is 0 Å². The van der Waals surface area contributed by atoms with E-state index in [1.54, 1.807) is 0 Å². The van der Waals surface area contributed by atoms with Crippen LogP contribution in [0.1, 0.15) is 187 Å². The van der Waals surface area contributed by atoms with Crippen LogP contribution in [-0.4, -0.2) is 169 Å². The van der Waals surface area contributed by atoms with E-state index in [0.717, 1.165) is 73.7 Å². The molecule has 3 aliphatic carbocycles. The van der Waals surface area contributed by atoms with Gasteiger partial charge in [0, 0.05) is 0 Å². The molecule has 28 unspecified atom stereocenters. The second-order valence-electron chi connectivity index (χ2n) is 40.7. The molecule has 15 rings (SSSR count). The van der Waals surface area contributed by atoms with Crippen molar-refractivity contribution in [1.29, 1.82) is 0 Å². The van der Waals surface area contributed by atoms with E-state index in [4.69, 9.17) is 75.9 Å². The van der Waals surface area contributed by atoms with Gasteiger partial charge >= 0.3 is 95.6 Å². The number of hydrogen-bond donors (Lipinski definition) is 0. The molecule has 9 fully saturated rings. The summed E-state index contributed by atoms with van der Waals surface area (Å²) in [6.45, 7) is 47.4. The summed E-state index contributed by atoms with van der Waals surface area (Å²) in [7, 11) is -35.9. The minimum atomic E-state index is -2.77. The highest BCUT2D eigenvalue weighted by Crippen LogP contribution is 2.49. The third-order valence-electron chi connectivity index (χ3n) is 27.9. The van der Waals surface area contributed by atoms with Crippen molar-refractivity contribution in [3.63, 3.8) is 0 Å². The third kappa shape index (κ3) is 30.7. The van der Waals surface area contributed by atoms with Crippen LogP contribution < -0.4 is 0 Å². The normalized spacial score (nSPS) is 38.7. The molecule has 0 amide bonds. The summed E-state index contributed by atoms with van der Waals surface area (Å²) in [5.41, 5.74) is 7.97. The Bertz CT molecular complexity index is 4090. The molecule has 6 aliphatic heterocycles. The lowest BCUT2D eigenvalue weighted by atomic mass is 9.88. The molecular formula is C93H156O18Si15. The summed E-state index contributed by atoms with van der Waals surface area (Å²) >= 11 is 0. The van der Waals surface area contributed by atoms with Crippen LogP contribution in [0.15, 0.2) is 182 Å². The molecule has 0 aromatic heterocycles. The van der Waals surface area contributed by atoms with E-state index in [9.17, 15) is 0 Å². The lowest BCUT2D eigenvalue weighted by Crippen LogP contribution is -2.62. The Kier molecular flexibility index (Phi) is 36.0. The molecule has 6 aromatic carbocycles. The van der Waals surface area contributed by atoms with E-state index in [1.165, 1.54) is 91.2 Å². The SMILES string of the molecule is CC(C[Si]1(C)O[SiH](C)O[SiH](C)O[Si](C)(CC(C)c2ccccc2)O[Si](C)(CCC2CCC3OC3C2)O1)c1ccccc1.CC(C[Si]1(C)O[SiH](C)O[SiH](C)O[Si](C)(CCC2CCC3OC3C2)O[Si](C)(CC(C)c2ccccc2)O1)c1ccccc1.CC(C[Si]1(C)O[SiH](C)O[Si](C)(CCC2CCC3OC3C2)O[SiH](C)O[Si](C)(CC(C)c2ccccc2)O1)c1ccccc1. The fraction of sp³-hybridized carbons (Fsp3) is 0.613. The van der Waals surface area contributed by atoms with E-state index in [1.807, 2.05) is 0 Å². The van der Waals surface area contributed by atoms with Gasteiger partial charge in [-0.25, -0.2) is 0 Å². The van der Waals surface area contributed by atoms with Gasteiger partial charge in [0.2, 0.25) is 0 Å². The van der Waals surface area contributed by atoms with Gasteiger partial charge in [-0.15, -0.1) is 0 Å². The first kappa shape index (κ1) is 101. The maximum atomic E-state index is 7.44. The highest BCUT2D eigenvalue weighted by atomic mass is 28.5. The predicted octanol–water partition coefficient (Wildman–Crippen LogP) is 22.7. The van der Waals surface area contributed by atoms with Crippen LogP contribution in [-0.2, 0) is 75.9 Å². The first-order valence-electron chi connectivity index (χ1n) is 48.3. The smallest absolute Gasteiger partial charge is 0.317 e. The van der Waals surface area contributed by atoms with Crippen molar-refractivity contribution in [2.24, 2.45) is 17.8 Å². The quantitative estimate of drug-likeness (QED) is 0.0351. The molecule has 126 heavy (non-hydrogen) atoms. The van der Waals surface area contributed by atoms with Gasteiger partial charge in [-0.3, -0.25) is 0 Å². The van der Waals surface area contributed by atoms with E-state index in [-0.39, 0.29) is 0 Å². The van der Waals surface area contributed by atoms with Crippen molar-refractivity contribution in [1.82, 2.24) is 0 Å². The van der Waals surface area contributed by atoms with Gasteiger partial charge in [0.1, 0.15) is 0 Å². The van der Waals surface area contributed by atoms with E-state index in [2.05, 4.69) is 322 Å². The van der Waals surface area contributed by atoms with Crippen molar-refractivity contribution in [2.75, 3.05) is 0 Å². The monoisotopic (exact) mass is 1980 g/mol. The van der Waals surface area contributed by atoms with Crippen molar-refractivity contribution in [2.45, 2.75) is 343 Å². The van der Waals surface area contributed by atoms with Crippen LogP contribution in [0.25, 0.3) is 0 Å². The lowest BCUT2D eigenvalue weighted by Gasteiger charge is -2.46. The van der Waals surface area contributed by atoms with Crippen molar-refractivity contribution < 1.29 is 75.9 Å². The molecule has 9 aliphatic rings. The highest BCUT2D eigenvalue weighted by molar-refractivity contribution is 6.91. The van der Waals surface area contributed by atoms with Gasteiger partial charge in [0.05, 0.1) is 36.6 Å². The van der Waals surface area contributed by atoms with Gasteiger partial charge in [-0.1, -0.05) is 224 Å². The Labute approximate surface area is 779 Å². The zero-order valence-electron chi connectivity index (χ0n) is 80.1. The molecule has 0 N–H and O–H groups in total.